The Morgan fingerprint density at radius 1 is 1.67 bits per heavy atom. The van der Waals surface area contributed by atoms with E-state index in [0.717, 1.165) is 12.3 Å². The Hall–Kier alpha value is -2.20. The summed E-state index contributed by atoms with van der Waals surface area (Å²) in [5.41, 5.74) is -0.547. The molecule has 1 aromatic heterocycles. The molecule has 1 heterocycles. The molecule has 0 bridgehead atoms. The number of rotatable bonds is 5. The first-order chi connectivity index (χ1) is 8.56. The zero-order valence-corrected chi connectivity index (χ0v) is 9.98. The first-order valence-corrected chi connectivity index (χ1v) is 5.39. The number of nitriles is 1. The summed E-state index contributed by atoms with van der Waals surface area (Å²) in [5, 5.41) is 21.5. The topological polar surface area (TPSA) is 109 Å². The number of pyridine rings is 1. The first-order valence-electron chi connectivity index (χ1n) is 5.01. The largest absolute Gasteiger partial charge is 0.352 e. The van der Waals surface area contributed by atoms with Crippen molar-refractivity contribution in [1.29, 1.82) is 5.26 Å². The number of aromatic nitrogens is 1. The van der Waals surface area contributed by atoms with Gasteiger partial charge in [0.15, 0.2) is 0 Å². The van der Waals surface area contributed by atoms with Gasteiger partial charge in [0.25, 0.3) is 11.6 Å². The fourth-order valence-corrected chi connectivity index (χ4v) is 1.37. The smallest absolute Gasteiger partial charge is 0.300 e. The number of hydrogen-bond donors (Lipinski definition) is 1. The summed E-state index contributed by atoms with van der Waals surface area (Å²) < 4.78 is 0. The molecule has 0 saturated heterocycles. The van der Waals surface area contributed by atoms with Crippen LogP contribution in [0.25, 0.3) is 0 Å². The van der Waals surface area contributed by atoms with Gasteiger partial charge in [-0.15, -0.1) is 0 Å². The predicted molar refractivity (Wildman–Crippen MR) is 63.1 cm³/mol. The first kappa shape index (κ1) is 13.9. The minimum Gasteiger partial charge on any atom is -0.352 e. The van der Waals surface area contributed by atoms with E-state index in [4.69, 9.17) is 16.9 Å². The van der Waals surface area contributed by atoms with Crippen LogP contribution in [0.4, 0.5) is 5.69 Å². The number of unbranched alkanes of at least 4 members (excludes halogenated alkanes) is 1. The monoisotopic (exact) mass is 268 g/mol. The van der Waals surface area contributed by atoms with E-state index in [-0.39, 0.29) is 17.3 Å². The lowest BCUT2D eigenvalue weighted by atomic mass is 10.2. The molecule has 0 spiro atoms. The summed E-state index contributed by atoms with van der Waals surface area (Å²) in [7, 11) is 0. The molecule has 0 aliphatic heterocycles. The number of nitrogens with zero attached hydrogens (tertiary/aromatic N) is 3. The summed E-state index contributed by atoms with van der Waals surface area (Å²) in [6.07, 6.45) is 1.72. The quantitative estimate of drug-likeness (QED) is 0.378. The van der Waals surface area contributed by atoms with Crippen LogP contribution in [0.2, 0.25) is 5.15 Å². The summed E-state index contributed by atoms with van der Waals surface area (Å²) in [4.78, 5) is 25.3. The van der Waals surface area contributed by atoms with Gasteiger partial charge >= 0.3 is 0 Å². The minimum atomic E-state index is -0.701. The Bertz CT molecular complexity index is 512. The van der Waals surface area contributed by atoms with Crippen molar-refractivity contribution in [3.8, 4) is 6.07 Å². The van der Waals surface area contributed by atoms with E-state index in [0.29, 0.717) is 12.8 Å². The van der Waals surface area contributed by atoms with Crippen LogP contribution in [0.3, 0.4) is 0 Å². The predicted octanol–water partition coefficient (Wildman–Crippen LogP) is 1.68. The highest BCUT2D eigenvalue weighted by atomic mass is 35.5. The highest BCUT2D eigenvalue weighted by molar-refractivity contribution is 6.29. The third kappa shape index (κ3) is 3.68. The van der Waals surface area contributed by atoms with Gasteiger partial charge in [0.1, 0.15) is 16.9 Å². The Morgan fingerprint density at radius 3 is 3.00 bits per heavy atom. The second-order valence-electron chi connectivity index (χ2n) is 3.30. The van der Waals surface area contributed by atoms with Crippen LogP contribution in [0.1, 0.15) is 23.2 Å². The van der Waals surface area contributed by atoms with Crippen LogP contribution < -0.4 is 5.32 Å². The van der Waals surface area contributed by atoms with E-state index in [1.165, 1.54) is 0 Å². The van der Waals surface area contributed by atoms with Crippen molar-refractivity contribution >= 4 is 23.2 Å². The van der Waals surface area contributed by atoms with Crippen LogP contribution in [0.5, 0.6) is 0 Å². The van der Waals surface area contributed by atoms with Gasteiger partial charge in [0.2, 0.25) is 0 Å². The number of nitrogens with one attached hydrogen (secondary N) is 1. The summed E-state index contributed by atoms with van der Waals surface area (Å²) in [6.45, 7) is 0.267. The average Bonchev–Trinajstić information content (AvgIpc) is 2.34. The molecule has 94 valence electrons. The van der Waals surface area contributed by atoms with Gasteiger partial charge in [0, 0.05) is 13.0 Å². The standard InChI is InChI=1S/C10H9ClN4O3/c11-9-5-7(8(6-14-9)15(17)18)10(16)13-4-2-1-3-12/h5-6H,1-2,4H2,(H,13,16). The van der Waals surface area contributed by atoms with Crippen LogP contribution in [0, 0.1) is 21.4 Å². The van der Waals surface area contributed by atoms with Crippen molar-refractivity contribution < 1.29 is 9.72 Å². The van der Waals surface area contributed by atoms with E-state index in [2.05, 4.69) is 10.3 Å². The number of amides is 1. The number of halogens is 1. The number of carbonyl (C=O) groups is 1. The van der Waals surface area contributed by atoms with Gasteiger partial charge < -0.3 is 5.32 Å². The van der Waals surface area contributed by atoms with E-state index in [1.807, 2.05) is 6.07 Å². The number of nitro groups is 1. The zero-order chi connectivity index (χ0) is 13.5. The van der Waals surface area contributed by atoms with E-state index < -0.39 is 16.5 Å². The van der Waals surface area contributed by atoms with Crippen molar-refractivity contribution in [3.63, 3.8) is 0 Å². The SMILES string of the molecule is N#CCCCNC(=O)c1cc(Cl)ncc1[N+](=O)[O-]. The van der Waals surface area contributed by atoms with Crippen molar-refractivity contribution in [2.45, 2.75) is 12.8 Å². The zero-order valence-electron chi connectivity index (χ0n) is 9.22. The summed E-state index contributed by atoms with van der Waals surface area (Å²) in [5.74, 6) is -0.607. The van der Waals surface area contributed by atoms with Crippen molar-refractivity contribution in [3.05, 3.63) is 33.1 Å². The van der Waals surface area contributed by atoms with Crippen molar-refractivity contribution in [2.24, 2.45) is 0 Å². The molecule has 8 heteroatoms. The molecule has 1 amide bonds. The Balaban J connectivity index is 2.81. The fourth-order valence-electron chi connectivity index (χ4n) is 1.21. The molecule has 0 saturated carbocycles. The lowest BCUT2D eigenvalue weighted by Crippen LogP contribution is -2.25. The Kier molecular flexibility index (Phi) is 5.02. The summed E-state index contributed by atoms with van der Waals surface area (Å²) in [6, 6.07) is 3.07. The molecule has 0 aromatic carbocycles. The molecule has 1 aromatic rings. The van der Waals surface area contributed by atoms with E-state index in [9.17, 15) is 14.9 Å². The Morgan fingerprint density at radius 2 is 2.39 bits per heavy atom. The highest BCUT2D eigenvalue weighted by Gasteiger charge is 2.20. The van der Waals surface area contributed by atoms with Crippen LogP contribution in [0.15, 0.2) is 12.3 Å². The molecule has 0 fully saturated rings. The van der Waals surface area contributed by atoms with Crippen LogP contribution in [-0.4, -0.2) is 22.4 Å². The van der Waals surface area contributed by atoms with Crippen molar-refractivity contribution in [2.75, 3.05) is 6.54 Å². The molecular formula is C10H9ClN4O3. The molecule has 1 rings (SSSR count). The fraction of sp³-hybridized carbons (Fsp3) is 0.300. The van der Waals surface area contributed by atoms with Crippen molar-refractivity contribution in [1.82, 2.24) is 10.3 Å². The van der Waals surface area contributed by atoms with Crippen LogP contribution in [-0.2, 0) is 0 Å². The van der Waals surface area contributed by atoms with Gasteiger partial charge in [-0.1, -0.05) is 11.6 Å². The third-order valence-corrected chi connectivity index (χ3v) is 2.25. The molecule has 0 aliphatic rings. The molecular weight excluding hydrogens is 260 g/mol. The maximum Gasteiger partial charge on any atom is 0.300 e. The maximum absolute atomic E-state index is 11.7. The Labute approximate surface area is 108 Å². The molecule has 18 heavy (non-hydrogen) atoms. The van der Waals surface area contributed by atoms with Gasteiger partial charge in [-0.3, -0.25) is 14.9 Å². The second kappa shape index (κ2) is 6.51. The molecule has 1 N–H and O–H groups in total. The lowest BCUT2D eigenvalue weighted by molar-refractivity contribution is -0.385. The van der Waals surface area contributed by atoms with Gasteiger partial charge in [-0.2, -0.15) is 5.26 Å². The van der Waals surface area contributed by atoms with Crippen LogP contribution >= 0.6 is 11.6 Å². The second-order valence-corrected chi connectivity index (χ2v) is 3.69. The van der Waals surface area contributed by atoms with Gasteiger partial charge in [-0.25, -0.2) is 4.98 Å². The molecule has 0 aliphatic carbocycles. The molecule has 7 nitrogen and oxygen atoms in total. The highest BCUT2D eigenvalue weighted by Crippen LogP contribution is 2.20. The minimum absolute atomic E-state index is 0.00257. The average molecular weight is 269 g/mol. The normalized spacial score (nSPS) is 9.56. The number of hydrogen-bond acceptors (Lipinski definition) is 5. The van der Waals surface area contributed by atoms with Gasteiger partial charge in [0.05, 0.1) is 11.0 Å². The lowest BCUT2D eigenvalue weighted by Gasteiger charge is -2.04. The van der Waals surface area contributed by atoms with E-state index >= 15 is 0 Å². The van der Waals surface area contributed by atoms with Gasteiger partial charge in [-0.05, 0) is 12.5 Å². The van der Waals surface area contributed by atoms with E-state index in [1.54, 1.807) is 0 Å². The summed E-state index contributed by atoms with van der Waals surface area (Å²) >= 11 is 5.59. The molecule has 0 atom stereocenters. The molecule has 0 radical (unpaired) electrons. The third-order valence-electron chi connectivity index (χ3n) is 2.04. The maximum atomic E-state index is 11.7. The molecule has 0 unspecified atom stereocenters. The number of carbonyl (C=O) groups excluding carboxylic acids is 1.